The summed E-state index contributed by atoms with van der Waals surface area (Å²) in [6.45, 7) is 6.51. The molecule has 5 nitrogen and oxygen atoms in total. The zero-order valence-electron chi connectivity index (χ0n) is 12.5. The van der Waals surface area contributed by atoms with Crippen molar-refractivity contribution in [3.8, 4) is 11.8 Å². The summed E-state index contributed by atoms with van der Waals surface area (Å²) in [7, 11) is 0. The van der Waals surface area contributed by atoms with Crippen LogP contribution in [0.5, 0.6) is 0 Å². The van der Waals surface area contributed by atoms with Crippen LogP contribution in [0.15, 0.2) is 12.1 Å². The van der Waals surface area contributed by atoms with Crippen LogP contribution in [0.2, 0.25) is 0 Å². The molecule has 0 aliphatic rings. The summed E-state index contributed by atoms with van der Waals surface area (Å²) in [6, 6.07) is 2.82. The molecule has 1 unspecified atom stereocenters. The average Bonchev–Trinajstić information content (AvgIpc) is 2.95. The highest BCUT2D eigenvalue weighted by molar-refractivity contribution is 7.14. The standard InChI is InChI=1S/C15H20N2O3S/c1-4-17(5-2)15(20)11(3)16-14(19)13-9-8-12(21-13)7-6-10-18/h8-9,11,18H,4-5,10H2,1-3H3,(H,16,19). The predicted octanol–water partition coefficient (Wildman–Crippen LogP) is 1.08. The molecule has 0 fully saturated rings. The number of carbonyl (C=O) groups excluding carboxylic acids is 2. The van der Waals surface area contributed by atoms with Crippen LogP contribution in [0.4, 0.5) is 0 Å². The van der Waals surface area contributed by atoms with Crippen molar-refractivity contribution in [3.63, 3.8) is 0 Å². The van der Waals surface area contributed by atoms with E-state index in [0.29, 0.717) is 22.8 Å². The van der Waals surface area contributed by atoms with Crippen LogP contribution in [0, 0.1) is 11.8 Å². The molecule has 0 aromatic carbocycles. The first-order valence-corrected chi connectivity index (χ1v) is 7.64. The molecular formula is C15H20N2O3S. The number of likely N-dealkylation sites (N-methyl/N-ethyl adjacent to an activating group) is 1. The second-order valence-corrected chi connectivity index (χ2v) is 5.41. The van der Waals surface area contributed by atoms with Crippen molar-refractivity contribution in [2.24, 2.45) is 0 Å². The SMILES string of the molecule is CCN(CC)C(=O)C(C)NC(=O)c1ccc(C#CCO)s1. The van der Waals surface area contributed by atoms with Crippen LogP contribution in [0.1, 0.15) is 35.3 Å². The van der Waals surface area contributed by atoms with Crippen molar-refractivity contribution in [1.82, 2.24) is 10.2 Å². The van der Waals surface area contributed by atoms with Gasteiger partial charge in [0.05, 0.1) is 9.75 Å². The number of carbonyl (C=O) groups is 2. The lowest BCUT2D eigenvalue weighted by Crippen LogP contribution is -2.46. The van der Waals surface area contributed by atoms with Crippen molar-refractivity contribution in [2.45, 2.75) is 26.8 Å². The fourth-order valence-corrected chi connectivity index (χ4v) is 2.58. The van der Waals surface area contributed by atoms with Gasteiger partial charge in [0.2, 0.25) is 5.91 Å². The van der Waals surface area contributed by atoms with Gasteiger partial charge >= 0.3 is 0 Å². The van der Waals surface area contributed by atoms with E-state index >= 15 is 0 Å². The largest absolute Gasteiger partial charge is 0.384 e. The molecular weight excluding hydrogens is 288 g/mol. The highest BCUT2D eigenvalue weighted by Crippen LogP contribution is 2.15. The van der Waals surface area contributed by atoms with Gasteiger partial charge < -0.3 is 15.3 Å². The Balaban J connectivity index is 2.68. The molecule has 1 aromatic heterocycles. The van der Waals surface area contributed by atoms with E-state index in [2.05, 4.69) is 17.2 Å². The Labute approximate surface area is 129 Å². The minimum absolute atomic E-state index is 0.0924. The van der Waals surface area contributed by atoms with Crippen LogP contribution in [0.25, 0.3) is 0 Å². The zero-order valence-corrected chi connectivity index (χ0v) is 13.3. The third kappa shape index (κ3) is 4.88. The maximum atomic E-state index is 12.1. The number of aliphatic hydroxyl groups is 1. The van der Waals surface area contributed by atoms with E-state index in [1.165, 1.54) is 11.3 Å². The third-order valence-corrected chi connectivity index (χ3v) is 3.91. The minimum atomic E-state index is -0.563. The summed E-state index contributed by atoms with van der Waals surface area (Å²) in [5.74, 6) is 4.90. The fourth-order valence-electron chi connectivity index (χ4n) is 1.79. The van der Waals surface area contributed by atoms with Crippen molar-refractivity contribution in [3.05, 3.63) is 21.9 Å². The lowest BCUT2D eigenvalue weighted by atomic mass is 10.2. The minimum Gasteiger partial charge on any atom is -0.384 e. The van der Waals surface area contributed by atoms with Crippen molar-refractivity contribution >= 4 is 23.2 Å². The highest BCUT2D eigenvalue weighted by atomic mass is 32.1. The summed E-state index contributed by atoms with van der Waals surface area (Å²) in [6.07, 6.45) is 0. The Morgan fingerprint density at radius 3 is 2.62 bits per heavy atom. The number of rotatable bonds is 5. The summed E-state index contributed by atoms with van der Waals surface area (Å²) in [5.41, 5.74) is 0. The van der Waals surface area contributed by atoms with Gasteiger partial charge in [0.1, 0.15) is 12.6 Å². The van der Waals surface area contributed by atoms with E-state index in [0.717, 1.165) is 0 Å². The molecule has 0 saturated heterocycles. The van der Waals surface area contributed by atoms with Gasteiger partial charge in [-0.15, -0.1) is 11.3 Å². The Hall–Kier alpha value is -1.84. The second-order valence-electron chi connectivity index (χ2n) is 4.33. The molecule has 0 bridgehead atoms. The molecule has 1 atom stereocenters. The van der Waals surface area contributed by atoms with Gasteiger partial charge in [-0.2, -0.15) is 0 Å². The molecule has 1 rings (SSSR count). The van der Waals surface area contributed by atoms with E-state index < -0.39 is 6.04 Å². The van der Waals surface area contributed by atoms with Crippen LogP contribution < -0.4 is 5.32 Å². The first-order chi connectivity index (χ1) is 10.0. The number of hydrogen-bond donors (Lipinski definition) is 2. The average molecular weight is 308 g/mol. The maximum absolute atomic E-state index is 12.1. The smallest absolute Gasteiger partial charge is 0.262 e. The maximum Gasteiger partial charge on any atom is 0.262 e. The normalized spacial score (nSPS) is 11.2. The molecule has 2 N–H and O–H groups in total. The molecule has 114 valence electrons. The third-order valence-electron chi connectivity index (χ3n) is 2.91. The summed E-state index contributed by atoms with van der Waals surface area (Å²) in [4.78, 5) is 27.0. The van der Waals surface area contributed by atoms with E-state index in [-0.39, 0.29) is 18.4 Å². The molecule has 0 spiro atoms. The Bertz CT molecular complexity index is 553. The van der Waals surface area contributed by atoms with Gasteiger partial charge in [0.25, 0.3) is 5.91 Å². The van der Waals surface area contributed by atoms with Crippen LogP contribution in [-0.4, -0.2) is 47.6 Å². The summed E-state index contributed by atoms with van der Waals surface area (Å²) < 4.78 is 0. The van der Waals surface area contributed by atoms with Crippen LogP contribution in [0.3, 0.4) is 0 Å². The molecule has 0 aliphatic heterocycles. The number of nitrogens with zero attached hydrogens (tertiary/aromatic N) is 1. The van der Waals surface area contributed by atoms with Gasteiger partial charge in [-0.1, -0.05) is 11.8 Å². The number of nitrogens with one attached hydrogen (secondary N) is 1. The van der Waals surface area contributed by atoms with E-state index in [4.69, 9.17) is 5.11 Å². The van der Waals surface area contributed by atoms with Gasteiger partial charge in [-0.25, -0.2) is 0 Å². The molecule has 0 saturated carbocycles. The Kier molecular flexibility index (Phi) is 6.92. The van der Waals surface area contributed by atoms with Gasteiger partial charge in [-0.3, -0.25) is 9.59 Å². The van der Waals surface area contributed by atoms with Gasteiger partial charge in [0, 0.05) is 13.1 Å². The predicted molar refractivity (Wildman–Crippen MR) is 83.1 cm³/mol. The van der Waals surface area contributed by atoms with E-state index in [9.17, 15) is 9.59 Å². The topological polar surface area (TPSA) is 69.6 Å². The second kappa shape index (κ2) is 8.45. The number of hydrogen-bond acceptors (Lipinski definition) is 4. The molecule has 21 heavy (non-hydrogen) atoms. The van der Waals surface area contributed by atoms with E-state index in [1.807, 2.05) is 13.8 Å². The summed E-state index contributed by atoms with van der Waals surface area (Å²) >= 11 is 1.23. The molecule has 2 amide bonds. The van der Waals surface area contributed by atoms with Crippen LogP contribution in [-0.2, 0) is 4.79 Å². The van der Waals surface area contributed by atoms with Crippen LogP contribution >= 0.6 is 11.3 Å². The Morgan fingerprint density at radius 2 is 2.05 bits per heavy atom. The quantitative estimate of drug-likeness (QED) is 0.800. The number of thiophene rings is 1. The zero-order chi connectivity index (χ0) is 15.8. The lowest BCUT2D eigenvalue weighted by Gasteiger charge is -2.23. The van der Waals surface area contributed by atoms with E-state index in [1.54, 1.807) is 24.0 Å². The number of aliphatic hydroxyl groups excluding tert-OH is 1. The fraction of sp³-hybridized carbons (Fsp3) is 0.467. The summed E-state index contributed by atoms with van der Waals surface area (Å²) in [5, 5.41) is 11.3. The Morgan fingerprint density at radius 1 is 1.38 bits per heavy atom. The van der Waals surface area contributed by atoms with Gasteiger partial charge in [-0.05, 0) is 32.9 Å². The molecule has 6 heteroatoms. The monoisotopic (exact) mass is 308 g/mol. The first kappa shape index (κ1) is 17.2. The highest BCUT2D eigenvalue weighted by Gasteiger charge is 2.21. The van der Waals surface area contributed by atoms with Crippen molar-refractivity contribution in [1.29, 1.82) is 0 Å². The first-order valence-electron chi connectivity index (χ1n) is 6.82. The molecule has 0 radical (unpaired) electrons. The molecule has 0 aliphatic carbocycles. The van der Waals surface area contributed by atoms with Gasteiger partial charge in [0.15, 0.2) is 0 Å². The molecule has 1 heterocycles. The van der Waals surface area contributed by atoms with Crippen molar-refractivity contribution < 1.29 is 14.7 Å². The van der Waals surface area contributed by atoms with Crippen molar-refractivity contribution in [2.75, 3.05) is 19.7 Å². The lowest BCUT2D eigenvalue weighted by molar-refractivity contribution is -0.132. The number of amides is 2. The molecule has 1 aromatic rings.